The van der Waals surface area contributed by atoms with Gasteiger partial charge in [-0.3, -0.25) is 4.79 Å². The van der Waals surface area contributed by atoms with Gasteiger partial charge in [0.1, 0.15) is 0 Å². The Balaban J connectivity index is 2.11. The molecule has 7 nitrogen and oxygen atoms in total. The van der Waals surface area contributed by atoms with Gasteiger partial charge in [-0.05, 0) is 38.8 Å². The molecular formula is C18H26N2O5. The summed E-state index contributed by atoms with van der Waals surface area (Å²) in [6.45, 7) is 6.12. The first kappa shape index (κ1) is 18.9. The highest BCUT2D eigenvalue weighted by Gasteiger charge is 2.42. The van der Waals surface area contributed by atoms with E-state index in [2.05, 4.69) is 5.32 Å². The molecule has 1 aromatic carbocycles. The van der Waals surface area contributed by atoms with Crippen LogP contribution < -0.4 is 14.8 Å². The predicted molar refractivity (Wildman–Crippen MR) is 93.2 cm³/mol. The van der Waals surface area contributed by atoms with Crippen LogP contribution in [0.25, 0.3) is 0 Å². The van der Waals surface area contributed by atoms with E-state index in [4.69, 9.17) is 9.47 Å². The van der Waals surface area contributed by atoms with Crippen LogP contribution in [-0.2, 0) is 4.79 Å². The largest absolute Gasteiger partial charge is 0.493 e. The van der Waals surface area contributed by atoms with E-state index in [0.717, 1.165) is 11.1 Å². The van der Waals surface area contributed by atoms with E-state index in [-0.39, 0.29) is 18.6 Å². The monoisotopic (exact) mass is 350 g/mol. The summed E-state index contributed by atoms with van der Waals surface area (Å²) < 4.78 is 10.7. The summed E-state index contributed by atoms with van der Waals surface area (Å²) >= 11 is 0. The zero-order chi connectivity index (χ0) is 18.8. The zero-order valence-electron chi connectivity index (χ0n) is 15.4. The Bertz CT molecular complexity index is 676. The minimum absolute atomic E-state index is 0.214. The number of amides is 2. The lowest BCUT2D eigenvalue weighted by molar-refractivity contribution is -0.147. The molecule has 7 heteroatoms. The topological polar surface area (TPSA) is 88.1 Å². The standard InChI is InChI=1S/C18H26N2O5/c1-11-13(6-7-14(24-4)15(11)25-5)12(2)19-17(23)20-9-8-18(3,10-20)16(21)22/h6-7,12H,8-10H2,1-5H3,(H,19,23)(H,21,22). The van der Waals surface area contributed by atoms with Crippen molar-refractivity contribution in [1.82, 2.24) is 10.2 Å². The molecule has 0 spiro atoms. The van der Waals surface area contributed by atoms with Crippen LogP contribution in [0.1, 0.15) is 37.4 Å². The molecule has 0 aromatic heterocycles. The van der Waals surface area contributed by atoms with Gasteiger partial charge >= 0.3 is 12.0 Å². The number of hydrogen-bond acceptors (Lipinski definition) is 4. The van der Waals surface area contributed by atoms with E-state index in [1.165, 1.54) is 0 Å². The third-order valence-electron chi connectivity index (χ3n) is 4.92. The molecule has 2 unspecified atom stereocenters. The molecule has 1 heterocycles. The van der Waals surface area contributed by atoms with E-state index in [9.17, 15) is 14.7 Å². The lowest BCUT2D eigenvalue weighted by Crippen LogP contribution is -2.41. The quantitative estimate of drug-likeness (QED) is 0.852. The number of likely N-dealkylation sites (tertiary alicyclic amines) is 1. The maximum atomic E-state index is 12.5. The van der Waals surface area contributed by atoms with E-state index in [1.807, 2.05) is 19.9 Å². The molecule has 0 aliphatic carbocycles. The maximum Gasteiger partial charge on any atom is 0.317 e. The second-order valence-corrected chi connectivity index (χ2v) is 6.72. The van der Waals surface area contributed by atoms with E-state index in [1.54, 1.807) is 32.1 Å². The molecule has 1 saturated heterocycles. The second-order valence-electron chi connectivity index (χ2n) is 6.72. The van der Waals surface area contributed by atoms with Crippen molar-refractivity contribution >= 4 is 12.0 Å². The van der Waals surface area contributed by atoms with Gasteiger partial charge in [-0.25, -0.2) is 4.79 Å². The number of ether oxygens (including phenoxy) is 2. The molecule has 1 fully saturated rings. The number of hydrogen-bond donors (Lipinski definition) is 2. The Morgan fingerprint density at radius 1 is 1.32 bits per heavy atom. The molecule has 1 aromatic rings. The number of nitrogens with zero attached hydrogens (tertiary/aromatic N) is 1. The molecule has 1 aliphatic heterocycles. The fraction of sp³-hybridized carbons (Fsp3) is 0.556. The van der Waals surface area contributed by atoms with Gasteiger partial charge in [-0.1, -0.05) is 6.07 Å². The first-order valence-corrected chi connectivity index (χ1v) is 8.24. The van der Waals surface area contributed by atoms with E-state index >= 15 is 0 Å². The van der Waals surface area contributed by atoms with Crippen LogP contribution in [0.4, 0.5) is 4.79 Å². The number of carboxylic acids is 1. The fourth-order valence-corrected chi connectivity index (χ4v) is 3.23. The van der Waals surface area contributed by atoms with E-state index in [0.29, 0.717) is 24.5 Å². The Morgan fingerprint density at radius 3 is 2.52 bits per heavy atom. The number of carbonyl (C=O) groups is 2. The number of aliphatic carboxylic acids is 1. The summed E-state index contributed by atoms with van der Waals surface area (Å²) in [5, 5.41) is 12.2. The second kappa shape index (κ2) is 7.21. The van der Waals surface area contributed by atoms with Crippen LogP contribution in [-0.4, -0.2) is 49.3 Å². The third-order valence-corrected chi connectivity index (χ3v) is 4.92. The van der Waals surface area contributed by atoms with Crippen molar-refractivity contribution in [3.63, 3.8) is 0 Å². The number of urea groups is 1. The van der Waals surface area contributed by atoms with Crippen molar-refractivity contribution in [2.75, 3.05) is 27.3 Å². The van der Waals surface area contributed by atoms with Gasteiger partial charge < -0.3 is 24.8 Å². The average Bonchev–Trinajstić information content (AvgIpc) is 2.98. The molecule has 0 saturated carbocycles. The fourth-order valence-electron chi connectivity index (χ4n) is 3.23. The Labute approximate surface area is 147 Å². The van der Waals surface area contributed by atoms with Gasteiger partial charge in [0.05, 0.1) is 25.7 Å². The Morgan fingerprint density at radius 2 is 2.00 bits per heavy atom. The van der Waals surface area contributed by atoms with Gasteiger partial charge in [-0.15, -0.1) is 0 Å². The summed E-state index contributed by atoms with van der Waals surface area (Å²) in [6, 6.07) is 3.20. The zero-order valence-corrected chi connectivity index (χ0v) is 15.4. The van der Waals surface area contributed by atoms with Crippen molar-refractivity contribution in [2.45, 2.75) is 33.2 Å². The van der Waals surface area contributed by atoms with Crippen LogP contribution in [0, 0.1) is 12.3 Å². The van der Waals surface area contributed by atoms with Crippen LogP contribution in [0.3, 0.4) is 0 Å². The lowest BCUT2D eigenvalue weighted by atomic mass is 9.90. The smallest absolute Gasteiger partial charge is 0.317 e. The Kier molecular flexibility index (Phi) is 5.45. The van der Waals surface area contributed by atoms with E-state index < -0.39 is 11.4 Å². The normalized spacial score (nSPS) is 20.9. The SMILES string of the molecule is COc1ccc(C(C)NC(=O)N2CCC(C)(C(=O)O)C2)c(C)c1OC. The van der Waals surface area contributed by atoms with Crippen molar-refractivity contribution < 1.29 is 24.2 Å². The number of methoxy groups -OCH3 is 2. The number of benzene rings is 1. The number of carboxylic acid groups (broad SMARTS) is 1. The molecule has 2 amide bonds. The van der Waals surface area contributed by atoms with Gasteiger partial charge in [0.25, 0.3) is 0 Å². The summed E-state index contributed by atoms with van der Waals surface area (Å²) in [5.74, 6) is 0.409. The highest BCUT2D eigenvalue weighted by atomic mass is 16.5. The highest BCUT2D eigenvalue weighted by Crippen LogP contribution is 2.35. The Hall–Kier alpha value is -2.44. The summed E-state index contributed by atoms with van der Waals surface area (Å²) in [5.41, 5.74) is 0.942. The third kappa shape index (κ3) is 3.65. The molecule has 0 radical (unpaired) electrons. The summed E-state index contributed by atoms with van der Waals surface area (Å²) in [6.07, 6.45) is 0.458. The van der Waals surface area contributed by atoms with Crippen molar-refractivity contribution in [3.8, 4) is 11.5 Å². The molecule has 0 bridgehead atoms. The maximum absolute atomic E-state index is 12.5. The number of carbonyl (C=O) groups excluding carboxylic acids is 1. The van der Waals surface area contributed by atoms with Crippen LogP contribution >= 0.6 is 0 Å². The highest BCUT2D eigenvalue weighted by molar-refractivity contribution is 5.79. The first-order chi connectivity index (χ1) is 11.7. The van der Waals surface area contributed by atoms with Crippen LogP contribution in [0.15, 0.2) is 12.1 Å². The van der Waals surface area contributed by atoms with Gasteiger partial charge in [0, 0.05) is 18.7 Å². The summed E-state index contributed by atoms with van der Waals surface area (Å²) in [7, 11) is 3.16. The average molecular weight is 350 g/mol. The van der Waals surface area contributed by atoms with Gasteiger partial charge in [0.15, 0.2) is 11.5 Å². The van der Waals surface area contributed by atoms with Crippen LogP contribution in [0.2, 0.25) is 0 Å². The molecule has 2 atom stereocenters. The minimum Gasteiger partial charge on any atom is -0.493 e. The van der Waals surface area contributed by atoms with Crippen molar-refractivity contribution in [2.24, 2.45) is 5.41 Å². The molecule has 1 aliphatic rings. The molecule has 25 heavy (non-hydrogen) atoms. The molecule has 2 N–H and O–H groups in total. The molecular weight excluding hydrogens is 324 g/mol. The minimum atomic E-state index is -0.875. The summed E-state index contributed by atoms with van der Waals surface area (Å²) in [4.78, 5) is 25.4. The lowest BCUT2D eigenvalue weighted by Gasteiger charge is -2.24. The van der Waals surface area contributed by atoms with Crippen molar-refractivity contribution in [1.29, 1.82) is 0 Å². The molecule has 2 rings (SSSR count). The predicted octanol–water partition coefficient (Wildman–Crippen LogP) is 2.58. The van der Waals surface area contributed by atoms with Crippen molar-refractivity contribution in [3.05, 3.63) is 23.3 Å². The van der Waals surface area contributed by atoms with Crippen LogP contribution in [0.5, 0.6) is 11.5 Å². The first-order valence-electron chi connectivity index (χ1n) is 8.24. The van der Waals surface area contributed by atoms with Gasteiger partial charge in [-0.2, -0.15) is 0 Å². The van der Waals surface area contributed by atoms with Gasteiger partial charge in [0.2, 0.25) is 0 Å². The number of nitrogens with one attached hydrogen (secondary N) is 1. The number of rotatable bonds is 5. The molecule has 138 valence electrons.